The van der Waals surface area contributed by atoms with E-state index in [1.165, 1.54) is 29.8 Å². The summed E-state index contributed by atoms with van der Waals surface area (Å²) < 4.78 is 20.4. The fourth-order valence-electron chi connectivity index (χ4n) is 2.92. The minimum Gasteiger partial charge on any atom is -0.453 e. The standard InChI is InChI=1S/C16H13FN2O2S.C9H9NOS/c1-9(20)15-8-12-16(22-15)14(5-6-19-12)21-13-4-3-10(18-2)7-11(13)17;11-9(10-7-12)6-8-4-2-1-3-5-8/h3-8,18H,1-2H3;1-5,7H,6H2,(H,10,11,12). The van der Waals surface area contributed by atoms with Crippen molar-refractivity contribution in [1.29, 1.82) is 0 Å². The molecule has 2 aromatic heterocycles. The Hall–Kier alpha value is -3.69. The molecule has 2 N–H and O–H groups in total. The third-order valence-corrected chi connectivity index (χ3v) is 5.95. The van der Waals surface area contributed by atoms with Gasteiger partial charge in [-0.05, 0) is 30.7 Å². The Bertz CT molecular complexity index is 1310. The van der Waals surface area contributed by atoms with E-state index in [-0.39, 0.29) is 17.4 Å². The van der Waals surface area contributed by atoms with Crippen LogP contribution < -0.4 is 15.4 Å². The SMILES string of the molecule is CNc1ccc(Oc2ccnc3cc(C(C)=O)sc23)c(F)c1.O=C(Cc1ccccc1)NC=S. The number of ketones is 1. The Balaban J connectivity index is 0.000000229. The van der Waals surface area contributed by atoms with Gasteiger partial charge in [0.05, 0.1) is 27.0 Å². The van der Waals surface area contributed by atoms with E-state index in [2.05, 4.69) is 27.8 Å². The summed E-state index contributed by atoms with van der Waals surface area (Å²) in [4.78, 5) is 27.3. The first kappa shape index (κ1) is 24.9. The number of halogens is 1. The number of aromatic nitrogens is 1. The normalized spacial score (nSPS) is 10.1. The van der Waals surface area contributed by atoms with Gasteiger partial charge in [-0.15, -0.1) is 11.3 Å². The number of nitrogens with zero attached hydrogens (tertiary/aromatic N) is 1. The summed E-state index contributed by atoms with van der Waals surface area (Å²) in [5.74, 6) is 0.0535. The van der Waals surface area contributed by atoms with Crippen LogP contribution in [0.1, 0.15) is 22.2 Å². The Morgan fingerprint density at radius 2 is 1.88 bits per heavy atom. The van der Waals surface area contributed by atoms with Crippen molar-refractivity contribution >= 4 is 56.6 Å². The van der Waals surface area contributed by atoms with E-state index in [0.29, 0.717) is 28.3 Å². The largest absolute Gasteiger partial charge is 0.453 e. The molecule has 2 aromatic carbocycles. The molecular weight excluding hydrogens is 473 g/mol. The Kier molecular flexibility index (Phi) is 8.78. The number of nitrogens with one attached hydrogen (secondary N) is 2. The molecule has 174 valence electrons. The summed E-state index contributed by atoms with van der Waals surface area (Å²) in [6.45, 7) is 1.50. The Morgan fingerprint density at radius 1 is 1.12 bits per heavy atom. The van der Waals surface area contributed by atoms with Gasteiger partial charge >= 0.3 is 0 Å². The van der Waals surface area contributed by atoms with Crippen molar-refractivity contribution in [2.45, 2.75) is 13.3 Å². The van der Waals surface area contributed by atoms with E-state index in [1.807, 2.05) is 30.3 Å². The summed E-state index contributed by atoms with van der Waals surface area (Å²) in [6.07, 6.45) is 1.96. The maximum atomic E-state index is 14.0. The predicted octanol–water partition coefficient (Wildman–Crippen LogP) is 5.77. The highest BCUT2D eigenvalue weighted by atomic mass is 32.1. The van der Waals surface area contributed by atoms with E-state index in [4.69, 9.17) is 4.74 Å². The van der Waals surface area contributed by atoms with Crippen LogP contribution in [0.4, 0.5) is 10.1 Å². The van der Waals surface area contributed by atoms with Crippen molar-refractivity contribution in [3.05, 3.63) is 83.1 Å². The zero-order chi connectivity index (χ0) is 24.5. The second-order valence-electron chi connectivity index (χ2n) is 7.04. The van der Waals surface area contributed by atoms with E-state index in [1.54, 1.807) is 37.5 Å². The van der Waals surface area contributed by atoms with Crippen molar-refractivity contribution in [2.75, 3.05) is 12.4 Å². The monoisotopic (exact) mass is 495 g/mol. The van der Waals surface area contributed by atoms with Gasteiger partial charge in [0.2, 0.25) is 5.91 Å². The van der Waals surface area contributed by atoms with Crippen LogP contribution in [0.2, 0.25) is 0 Å². The zero-order valence-electron chi connectivity index (χ0n) is 18.5. The Morgan fingerprint density at radius 3 is 2.53 bits per heavy atom. The highest BCUT2D eigenvalue weighted by Gasteiger charge is 2.13. The van der Waals surface area contributed by atoms with Gasteiger partial charge < -0.3 is 15.4 Å². The first-order valence-corrected chi connectivity index (χ1v) is 11.5. The van der Waals surface area contributed by atoms with E-state index in [0.717, 1.165) is 10.3 Å². The van der Waals surface area contributed by atoms with Gasteiger partial charge in [-0.3, -0.25) is 14.6 Å². The molecule has 0 aliphatic carbocycles. The average molecular weight is 496 g/mol. The van der Waals surface area contributed by atoms with Crippen molar-refractivity contribution < 1.29 is 18.7 Å². The number of hydrogen-bond acceptors (Lipinski definition) is 7. The summed E-state index contributed by atoms with van der Waals surface area (Å²) in [6, 6.07) is 17.6. The number of hydrogen-bond donors (Lipinski definition) is 2. The van der Waals surface area contributed by atoms with Crippen LogP contribution in [0.15, 0.2) is 66.9 Å². The summed E-state index contributed by atoms with van der Waals surface area (Å²) in [7, 11) is 1.72. The van der Waals surface area contributed by atoms with Crippen LogP contribution in [0, 0.1) is 5.82 Å². The molecule has 34 heavy (non-hydrogen) atoms. The minimum atomic E-state index is -0.458. The molecule has 0 saturated heterocycles. The van der Waals surface area contributed by atoms with Gasteiger partial charge in [-0.25, -0.2) is 4.39 Å². The number of pyridine rings is 1. The number of rotatable bonds is 7. The van der Waals surface area contributed by atoms with Crippen LogP contribution in [0.25, 0.3) is 10.2 Å². The quantitative estimate of drug-likeness (QED) is 0.250. The second kappa shape index (κ2) is 12.0. The molecule has 0 atom stereocenters. The first-order valence-electron chi connectivity index (χ1n) is 10.2. The second-order valence-corrected chi connectivity index (χ2v) is 8.32. The molecule has 2 heterocycles. The molecular formula is C25H22FN3O3S2. The molecule has 1 amide bonds. The van der Waals surface area contributed by atoms with Crippen molar-refractivity contribution in [3.63, 3.8) is 0 Å². The van der Waals surface area contributed by atoms with Crippen molar-refractivity contribution in [1.82, 2.24) is 10.3 Å². The number of anilines is 1. The van der Waals surface area contributed by atoms with Crippen LogP contribution in [0.5, 0.6) is 11.5 Å². The third-order valence-electron chi connectivity index (χ3n) is 4.59. The fourth-order valence-corrected chi connectivity index (χ4v) is 4.02. The van der Waals surface area contributed by atoms with Gasteiger partial charge in [-0.2, -0.15) is 0 Å². The molecule has 0 aliphatic heterocycles. The van der Waals surface area contributed by atoms with Crippen LogP contribution in [0.3, 0.4) is 0 Å². The maximum Gasteiger partial charge on any atom is 0.228 e. The number of Topliss-reactive ketones (excluding diaryl/α,β-unsaturated/α-hetero) is 1. The number of carbonyl (C=O) groups is 2. The number of thiocarbonyl (C=S) groups is 1. The van der Waals surface area contributed by atoms with Crippen LogP contribution in [-0.4, -0.2) is 29.2 Å². The molecule has 0 fully saturated rings. The number of carbonyl (C=O) groups excluding carboxylic acids is 2. The summed E-state index contributed by atoms with van der Waals surface area (Å²) in [5.41, 5.74) is 3.55. The number of benzene rings is 2. The smallest absolute Gasteiger partial charge is 0.228 e. The lowest BCUT2D eigenvalue weighted by Gasteiger charge is -2.08. The molecule has 4 rings (SSSR count). The molecule has 0 aliphatic rings. The average Bonchev–Trinajstić information content (AvgIpc) is 3.27. The van der Waals surface area contributed by atoms with Gasteiger partial charge in [0.15, 0.2) is 17.3 Å². The molecule has 9 heteroatoms. The van der Waals surface area contributed by atoms with Crippen LogP contribution in [-0.2, 0) is 11.2 Å². The van der Waals surface area contributed by atoms with E-state index < -0.39 is 5.82 Å². The zero-order valence-corrected chi connectivity index (χ0v) is 20.1. The molecule has 0 saturated carbocycles. The number of thiophene rings is 1. The maximum absolute atomic E-state index is 14.0. The molecule has 0 radical (unpaired) electrons. The van der Waals surface area contributed by atoms with Crippen LogP contribution >= 0.6 is 23.6 Å². The topological polar surface area (TPSA) is 80.3 Å². The van der Waals surface area contributed by atoms with Gasteiger partial charge in [0, 0.05) is 31.1 Å². The number of amides is 1. The predicted molar refractivity (Wildman–Crippen MR) is 138 cm³/mol. The molecule has 0 unspecified atom stereocenters. The third kappa shape index (κ3) is 6.66. The lowest BCUT2D eigenvalue weighted by Crippen LogP contribution is -2.22. The number of ether oxygens (including phenoxy) is 1. The molecule has 6 nitrogen and oxygen atoms in total. The number of fused-ring (bicyclic) bond motifs is 1. The van der Waals surface area contributed by atoms with Crippen molar-refractivity contribution in [2.24, 2.45) is 0 Å². The molecule has 0 bridgehead atoms. The van der Waals surface area contributed by atoms with Gasteiger partial charge in [-0.1, -0.05) is 42.5 Å². The summed E-state index contributed by atoms with van der Waals surface area (Å²) >= 11 is 5.78. The fraction of sp³-hybridized carbons (Fsp3) is 0.120. The van der Waals surface area contributed by atoms with Crippen molar-refractivity contribution in [3.8, 4) is 11.5 Å². The van der Waals surface area contributed by atoms with E-state index in [9.17, 15) is 14.0 Å². The summed E-state index contributed by atoms with van der Waals surface area (Å²) in [5, 5.41) is 5.31. The Labute approximate surface area is 205 Å². The lowest BCUT2D eigenvalue weighted by molar-refractivity contribution is -0.118. The van der Waals surface area contributed by atoms with Gasteiger partial charge in [0.25, 0.3) is 0 Å². The van der Waals surface area contributed by atoms with Gasteiger partial charge in [0.1, 0.15) is 5.75 Å². The first-order chi connectivity index (χ1) is 16.4. The lowest BCUT2D eigenvalue weighted by atomic mass is 10.1. The highest BCUT2D eigenvalue weighted by Crippen LogP contribution is 2.36. The van der Waals surface area contributed by atoms with E-state index >= 15 is 0 Å². The highest BCUT2D eigenvalue weighted by molar-refractivity contribution is 7.78. The minimum absolute atomic E-state index is 0.0292. The molecule has 4 aromatic rings. The molecule has 0 spiro atoms.